The van der Waals surface area contributed by atoms with E-state index in [-0.39, 0.29) is 29.9 Å². The zero-order valence-corrected chi connectivity index (χ0v) is 20.5. The summed E-state index contributed by atoms with van der Waals surface area (Å²) in [6, 6.07) is 0.323. The van der Waals surface area contributed by atoms with Gasteiger partial charge in [-0.2, -0.15) is 0 Å². The summed E-state index contributed by atoms with van der Waals surface area (Å²) in [7, 11) is 0. The third-order valence-electron chi connectivity index (χ3n) is 5.94. The molecular formula is C21H42IN5O. The molecule has 1 saturated heterocycles. The average molecular weight is 508 g/mol. The molecule has 0 aromatic heterocycles. The van der Waals surface area contributed by atoms with E-state index in [2.05, 4.69) is 41.2 Å². The summed E-state index contributed by atoms with van der Waals surface area (Å²) in [6.07, 6.45) is 7.94. The van der Waals surface area contributed by atoms with E-state index in [1.165, 1.54) is 19.3 Å². The SMILES string of the molecule is CCNC(=NCCCCN(CC)CC)NC1CCN(C(=O)C2CCCC2)C1.I. The summed E-state index contributed by atoms with van der Waals surface area (Å²) in [5, 5.41) is 6.90. The van der Waals surface area contributed by atoms with Crippen LogP contribution in [-0.4, -0.2) is 73.5 Å². The lowest BCUT2D eigenvalue weighted by atomic mass is 10.1. The number of amides is 1. The van der Waals surface area contributed by atoms with Gasteiger partial charge in [0.1, 0.15) is 0 Å². The van der Waals surface area contributed by atoms with Crippen molar-refractivity contribution < 1.29 is 4.79 Å². The van der Waals surface area contributed by atoms with Crippen LogP contribution in [0.15, 0.2) is 4.99 Å². The topological polar surface area (TPSA) is 60.0 Å². The van der Waals surface area contributed by atoms with Crippen molar-refractivity contribution in [1.82, 2.24) is 20.4 Å². The first-order valence-electron chi connectivity index (χ1n) is 11.2. The molecule has 2 fully saturated rings. The van der Waals surface area contributed by atoms with Gasteiger partial charge in [-0.05, 0) is 58.7 Å². The molecule has 2 rings (SSSR count). The molecule has 1 aliphatic heterocycles. The van der Waals surface area contributed by atoms with Gasteiger partial charge in [-0.15, -0.1) is 24.0 Å². The van der Waals surface area contributed by atoms with Gasteiger partial charge < -0.3 is 20.4 Å². The average Bonchev–Trinajstić information content (AvgIpc) is 3.36. The highest BCUT2D eigenvalue weighted by molar-refractivity contribution is 14.0. The van der Waals surface area contributed by atoms with Crippen molar-refractivity contribution in [3.63, 3.8) is 0 Å². The lowest BCUT2D eigenvalue weighted by molar-refractivity contribution is -0.134. The van der Waals surface area contributed by atoms with E-state index in [1.54, 1.807) is 0 Å². The number of unbranched alkanes of at least 4 members (excludes halogenated alkanes) is 1. The van der Waals surface area contributed by atoms with Crippen molar-refractivity contribution in [1.29, 1.82) is 0 Å². The van der Waals surface area contributed by atoms with Crippen LogP contribution in [0.5, 0.6) is 0 Å². The Balaban J connectivity index is 0.00000392. The third-order valence-corrected chi connectivity index (χ3v) is 5.94. The maximum atomic E-state index is 12.6. The number of halogens is 1. The molecule has 1 atom stereocenters. The minimum atomic E-state index is 0. The highest BCUT2D eigenvalue weighted by Crippen LogP contribution is 2.27. The van der Waals surface area contributed by atoms with Crippen molar-refractivity contribution >= 4 is 35.8 Å². The van der Waals surface area contributed by atoms with Crippen LogP contribution >= 0.6 is 24.0 Å². The van der Waals surface area contributed by atoms with Crippen LogP contribution in [0.3, 0.4) is 0 Å². The van der Waals surface area contributed by atoms with Gasteiger partial charge in [0, 0.05) is 38.1 Å². The lowest BCUT2D eigenvalue weighted by Gasteiger charge is -2.21. The van der Waals surface area contributed by atoms with E-state index >= 15 is 0 Å². The fourth-order valence-electron chi connectivity index (χ4n) is 4.20. The second kappa shape index (κ2) is 14.4. The molecule has 1 unspecified atom stereocenters. The molecule has 28 heavy (non-hydrogen) atoms. The molecule has 1 amide bonds. The van der Waals surface area contributed by atoms with Crippen LogP contribution in [0.25, 0.3) is 0 Å². The first kappa shape index (κ1) is 25.5. The Morgan fingerprint density at radius 2 is 1.82 bits per heavy atom. The number of carbonyl (C=O) groups is 1. The van der Waals surface area contributed by atoms with Crippen LogP contribution in [-0.2, 0) is 4.79 Å². The molecule has 0 aromatic carbocycles. The van der Waals surface area contributed by atoms with Crippen LogP contribution in [0, 0.1) is 5.92 Å². The molecule has 7 heteroatoms. The van der Waals surface area contributed by atoms with Gasteiger partial charge in [0.25, 0.3) is 0 Å². The molecule has 1 heterocycles. The zero-order valence-electron chi connectivity index (χ0n) is 18.2. The molecule has 6 nitrogen and oxygen atoms in total. The van der Waals surface area contributed by atoms with E-state index in [4.69, 9.17) is 4.99 Å². The van der Waals surface area contributed by atoms with Gasteiger partial charge in [-0.25, -0.2) is 0 Å². The minimum Gasteiger partial charge on any atom is -0.357 e. The highest BCUT2D eigenvalue weighted by atomic mass is 127. The standard InChI is InChI=1S/C21H41N5O.HI/c1-4-22-21(23-14-9-10-15-25(5-2)6-3)24-19-13-16-26(17-19)20(27)18-11-7-8-12-18;/h18-19H,4-17H2,1-3H3,(H2,22,23,24);1H. The Morgan fingerprint density at radius 1 is 1.11 bits per heavy atom. The van der Waals surface area contributed by atoms with Crippen molar-refractivity contribution in [2.45, 2.75) is 71.8 Å². The predicted molar refractivity (Wildman–Crippen MR) is 128 cm³/mol. The molecule has 1 saturated carbocycles. The summed E-state index contributed by atoms with van der Waals surface area (Å²) < 4.78 is 0. The summed E-state index contributed by atoms with van der Waals surface area (Å²) >= 11 is 0. The van der Waals surface area contributed by atoms with E-state index < -0.39 is 0 Å². The van der Waals surface area contributed by atoms with E-state index in [9.17, 15) is 4.79 Å². The third kappa shape index (κ3) is 8.43. The lowest BCUT2D eigenvalue weighted by Crippen LogP contribution is -2.45. The molecule has 2 aliphatic rings. The zero-order chi connectivity index (χ0) is 19.5. The number of hydrogen-bond acceptors (Lipinski definition) is 3. The summed E-state index contributed by atoms with van der Waals surface area (Å²) in [5.41, 5.74) is 0. The smallest absolute Gasteiger partial charge is 0.225 e. The van der Waals surface area contributed by atoms with Crippen molar-refractivity contribution in [3.05, 3.63) is 0 Å². The van der Waals surface area contributed by atoms with Gasteiger partial charge in [-0.1, -0.05) is 26.7 Å². The number of likely N-dealkylation sites (tertiary alicyclic amines) is 1. The molecular weight excluding hydrogens is 465 g/mol. The quantitative estimate of drug-likeness (QED) is 0.207. The monoisotopic (exact) mass is 507 g/mol. The van der Waals surface area contributed by atoms with E-state index in [1.807, 2.05) is 0 Å². The molecule has 2 N–H and O–H groups in total. The second-order valence-corrected chi connectivity index (χ2v) is 7.89. The van der Waals surface area contributed by atoms with Crippen LogP contribution < -0.4 is 10.6 Å². The van der Waals surface area contributed by atoms with E-state index in [0.717, 1.165) is 77.5 Å². The number of guanidine groups is 1. The molecule has 0 spiro atoms. The van der Waals surface area contributed by atoms with Crippen molar-refractivity contribution in [3.8, 4) is 0 Å². The van der Waals surface area contributed by atoms with Gasteiger partial charge in [0.2, 0.25) is 5.91 Å². The largest absolute Gasteiger partial charge is 0.357 e. The number of aliphatic imine (C=N–C) groups is 1. The van der Waals surface area contributed by atoms with Gasteiger partial charge >= 0.3 is 0 Å². The maximum absolute atomic E-state index is 12.6. The normalized spacial score (nSPS) is 20.5. The summed E-state index contributed by atoms with van der Waals surface area (Å²) in [5.74, 6) is 1.58. The number of carbonyl (C=O) groups excluding carboxylic acids is 1. The van der Waals surface area contributed by atoms with Crippen LogP contribution in [0.4, 0.5) is 0 Å². The highest BCUT2D eigenvalue weighted by Gasteiger charge is 2.32. The predicted octanol–water partition coefficient (Wildman–Crippen LogP) is 3.07. The molecule has 0 bridgehead atoms. The fourth-order valence-corrected chi connectivity index (χ4v) is 4.20. The van der Waals surface area contributed by atoms with Gasteiger partial charge in [0.05, 0.1) is 0 Å². The Hall–Kier alpha value is -0.570. The van der Waals surface area contributed by atoms with E-state index in [0.29, 0.717) is 11.9 Å². The van der Waals surface area contributed by atoms with Crippen LogP contribution in [0.2, 0.25) is 0 Å². The maximum Gasteiger partial charge on any atom is 0.225 e. The first-order chi connectivity index (χ1) is 13.2. The van der Waals surface area contributed by atoms with Crippen LogP contribution in [0.1, 0.15) is 65.7 Å². The van der Waals surface area contributed by atoms with Crippen molar-refractivity contribution in [2.24, 2.45) is 10.9 Å². The Bertz CT molecular complexity index is 464. The Kier molecular flexibility index (Phi) is 13.1. The van der Waals surface area contributed by atoms with Crippen molar-refractivity contribution in [2.75, 3.05) is 45.8 Å². The Morgan fingerprint density at radius 3 is 2.46 bits per heavy atom. The Labute approximate surface area is 189 Å². The van der Waals surface area contributed by atoms with Gasteiger partial charge in [-0.3, -0.25) is 9.79 Å². The fraction of sp³-hybridized carbons (Fsp3) is 0.905. The number of rotatable bonds is 10. The van der Waals surface area contributed by atoms with Gasteiger partial charge in [0.15, 0.2) is 5.96 Å². The summed E-state index contributed by atoms with van der Waals surface area (Å²) in [4.78, 5) is 21.9. The minimum absolute atomic E-state index is 0. The number of nitrogens with one attached hydrogen (secondary N) is 2. The molecule has 164 valence electrons. The molecule has 0 radical (unpaired) electrons. The number of hydrogen-bond donors (Lipinski definition) is 2. The second-order valence-electron chi connectivity index (χ2n) is 7.89. The first-order valence-corrected chi connectivity index (χ1v) is 11.2. The number of nitrogens with zero attached hydrogens (tertiary/aromatic N) is 3. The summed E-state index contributed by atoms with van der Waals surface area (Å²) in [6.45, 7) is 13.4. The molecule has 0 aromatic rings. The molecule has 1 aliphatic carbocycles.